The Kier molecular flexibility index (Phi) is 1.71. The van der Waals surface area contributed by atoms with Gasteiger partial charge in [-0.15, -0.1) is 0 Å². The fourth-order valence-electron chi connectivity index (χ4n) is 3.09. The molecule has 2 aliphatic rings. The number of halogens is 1. The van der Waals surface area contributed by atoms with E-state index in [1.165, 1.54) is 19.3 Å². The third-order valence-electron chi connectivity index (χ3n) is 3.82. The van der Waals surface area contributed by atoms with E-state index in [1.807, 2.05) is 24.3 Å². The fraction of sp³-hybridized carbons (Fsp3) is 0.500. The molecule has 0 aromatic heterocycles. The second-order valence-electron chi connectivity index (χ2n) is 4.48. The monoisotopic (exact) mass is 208 g/mol. The molecule has 0 amide bonds. The van der Waals surface area contributed by atoms with Crippen LogP contribution in [0.15, 0.2) is 24.3 Å². The summed E-state index contributed by atoms with van der Waals surface area (Å²) in [5.74, 6) is 1.00. The number of benzene rings is 1. The molecule has 0 bridgehead atoms. The van der Waals surface area contributed by atoms with Crippen LogP contribution >= 0.6 is 11.6 Å². The van der Waals surface area contributed by atoms with Crippen LogP contribution in [-0.4, -0.2) is 5.11 Å². The molecule has 2 heteroatoms. The molecule has 1 nitrogen and oxygen atoms in total. The Morgan fingerprint density at radius 1 is 1.29 bits per heavy atom. The van der Waals surface area contributed by atoms with Gasteiger partial charge in [0.2, 0.25) is 0 Å². The highest BCUT2D eigenvalue weighted by Crippen LogP contribution is 2.66. The van der Waals surface area contributed by atoms with Crippen LogP contribution in [0.4, 0.5) is 0 Å². The summed E-state index contributed by atoms with van der Waals surface area (Å²) in [7, 11) is 0. The van der Waals surface area contributed by atoms with Crippen LogP contribution in [0.1, 0.15) is 24.8 Å². The van der Waals surface area contributed by atoms with Crippen LogP contribution in [0.3, 0.4) is 0 Å². The highest BCUT2D eigenvalue weighted by molar-refractivity contribution is 6.30. The Hall–Kier alpha value is -0.530. The normalized spacial score (nSPS) is 39.6. The molecule has 1 aromatic rings. The lowest BCUT2D eigenvalue weighted by molar-refractivity contribution is 0.105. The Morgan fingerprint density at radius 3 is 2.64 bits per heavy atom. The van der Waals surface area contributed by atoms with Crippen LogP contribution in [0.2, 0.25) is 5.02 Å². The molecule has 0 spiro atoms. The molecular weight excluding hydrogens is 196 g/mol. The van der Waals surface area contributed by atoms with Crippen LogP contribution < -0.4 is 0 Å². The van der Waals surface area contributed by atoms with Gasteiger partial charge in [0.15, 0.2) is 0 Å². The van der Waals surface area contributed by atoms with E-state index < -0.39 is 5.60 Å². The topological polar surface area (TPSA) is 20.2 Å². The van der Waals surface area contributed by atoms with Crippen molar-refractivity contribution in [3.05, 3.63) is 34.9 Å². The smallest absolute Gasteiger partial charge is 0.0960 e. The van der Waals surface area contributed by atoms with Gasteiger partial charge in [0.1, 0.15) is 0 Å². The van der Waals surface area contributed by atoms with E-state index in [0.29, 0.717) is 11.8 Å². The standard InChI is InChI=1S/C12H13ClO/c13-9-4-1-3-8(7-9)12(14)10-5-2-6-11(10)12/h1,3-4,7,10-11,14H,2,5-6H2. The molecule has 0 aliphatic heterocycles. The lowest BCUT2D eigenvalue weighted by Gasteiger charge is -2.14. The third-order valence-corrected chi connectivity index (χ3v) is 4.06. The molecule has 0 radical (unpaired) electrons. The van der Waals surface area contributed by atoms with E-state index in [4.69, 9.17) is 11.6 Å². The number of aliphatic hydroxyl groups is 1. The maximum absolute atomic E-state index is 10.4. The maximum atomic E-state index is 10.4. The van der Waals surface area contributed by atoms with Crippen molar-refractivity contribution in [1.82, 2.24) is 0 Å². The van der Waals surface area contributed by atoms with Gasteiger partial charge < -0.3 is 5.11 Å². The molecule has 1 aromatic carbocycles. The molecular formula is C12H13ClO. The van der Waals surface area contributed by atoms with E-state index >= 15 is 0 Å². The van der Waals surface area contributed by atoms with Crippen LogP contribution in [0.5, 0.6) is 0 Å². The Labute approximate surface area is 88.7 Å². The lowest BCUT2D eigenvalue weighted by atomic mass is 9.99. The molecule has 2 saturated carbocycles. The third kappa shape index (κ3) is 0.999. The number of hydrogen-bond acceptors (Lipinski definition) is 1. The molecule has 2 unspecified atom stereocenters. The summed E-state index contributed by atoms with van der Waals surface area (Å²) in [6.07, 6.45) is 3.62. The van der Waals surface area contributed by atoms with Gasteiger partial charge in [-0.3, -0.25) is 0 Å². The van der Waals surface area contributed by atoms with Crippen molar-refractivity contribution < 1.29 is 5.11 Å². The molecule has 2 atom stereocenters. The maximum Gasteiger partial charge on any atom is 0.0960 e. The van der Waals surface area contributed by atoms with Crippen LogP contribution in [0, 0.1) is 11.8 Å². The highest BCUT2D eigenvalue weighted by atomic mass is 35.5. The summed E-state index contributed by atoms with van der Waals surface area (Å²) in [6.45, 7) is 0. The van der Waals surface area contributed by atoms with Crippen molar-refractivity contribution in [2.45, 2.75) is 24.9 Å². The Bertz CT molecular complexity index is 364. The largest absolute Gasteiger partial charge is 0.385 e. The lowest BCUT2D eigenvalue weighted by Crippen LogP contribution is -2.12. The van der Waals surface area contributed by atoms with Gasteiger partial charge in [-0.2, -0.15) is 0 Å². The fourth-order valence-corrected chi connectivity index (χ4v) is 3.28. The van der Waals surface area contributed by atoms with Crippen molar-refractivity contribution in [2.24, 2.45) is 11.8 Å². The zero-order valence-corrected chi connectivity index (χ0v) is 8.67. The molecule has 3 rings (SSSR count). The first-order valence-electron chi connectivity index (χ1n) is 5.21. The summed E-state index contributed by atoms with van der Waals surface area (Å²) in [5, 5.41) is 11.2. The summed E-state index contributed by atoms with van der Waals surface area (Å²) in [5.41, 5.74) is 0.475. The van der Waals surface area contributed by atoms with Crippen molar-refractivity contribution >= 4 is 11.6 Å². The van der Waals surface area contributed by atoms with E-state index in [0.717, 1.165) is 10.6 Å². The SMILES string of the molecule is OC1(c2cccc(Cl)c2)C2CCCC21. The van der Waals surface area contributed by atoms with E-state index in [2.05, 4.69) is 0 Å². The van der Waals surface area contributed by atoms with Gasteiger partial charge >= 0.3 is 0 Å². The predicted molar refractivity (Wildman–Crippen MR) is 56.2 cm³/mol. The quantitative estimate of drug-likeness (QED) is 0.753. The summed E-state index contributed by atoms with van der Waals surface area (Å²) in [4.78, 5) is 0. The summed E-state index contributed by atoms with van der Waals surface area (Å²) < 4.78 is 0. The zero-order valence-electron chi connectivity index (χ0n) is 7.91. The first-order chi connectivity index (χ1) is 6.73. The van der Waals surface area contributed by atoms with Gasteiger partial charge in [0, 0.05) is 5.02 Å². The molecule has 2 fully saturated rings. The van der Waals surface area contributed by atoms with Gasteiger partial charge in [0.05, 0.1) is 5.60 Å². The Morgan fingerprint density at radius 2 is 2.00 bits per heavy atom. The second-order valence-corrected chi connectivity index (χ2v) is 4.92. The minimum Gasteiger partial charge on any atom is -0.385 e. The van der Waals surface area contributed by atoms with E-state index in [1.54, 1.807) is 0 Å². The van der Waals surface area contributed by atoms with Crippen molar-refractivity contribution in [3.63, 3.8) is 0 Å². The van der Waals surface area contributed by atoms with Gasteiger partial charge in [-0.1, -0.05) is 30.2 Å². The molecule has 74 valence electrons. The summed E-state index contributed by atoms with van der Waals surface area (Å²) in [6, 6.07) is 7.67. The molecule has 0 heterocycles. The van der Waals surface area contributed by atoms with Crippen molar-refractivity contribution in [1.29, 1.82) is 0 Å². The number of fused-ring (bicyclic) bond motifs is 1. The number of hydrogen-bond donors (Lipinski definition) is 1. The van der Waals surface area contributed by atoms with Gasteiger partial charge in [-0.05, 0) is 42.4 Å². The van der Waals surface area contributed by atoms with Crippen molar-refractivity contribution in [2.75, 3.05) is 0 Å². The minimum atomic E-state index is -0.539. The average molecular weight is 209 g/mol. The molecule has 2 aliphatic carbocycles. The van der Waals surface area contributed by atoms with E-state index in [-0.39, 0.29) is 0 Å². The summed E-state index contributed by atoms with van der Waals surface area (Å²) >= 11 is 5.92. The van der Waals surface area contributed by atoms with Crippen molar-refractivity contribution in [3.8, 4) is 0 Å². The first-order valence-corrected chi connectivity index (χ1v) is 5.59. The van der Waals surface area contributed by atoms with Crippen LogP contribution in [0.25, 0.3) is 0 Å². The average Bonchev–Trinajstić information content (AvgIpc) is 2.62. The molecule has 1 N–H and O–H groups in total. The number of rotatable bonds is 1. The predicted octanol–water partition coefficient (Wildman–Crippen LogP) is 2.96. The minimum absolute atomic E-state index is 0.501. The second kappa shape index (κ2) is 2.74. The molecule has 0 saturated heterocycles. The Balaban J connectivity index is 1.97. The van der Waals surface area contributed by atoms with E-state index in [9.17, 15) is 5.11 Å². The van der Waals surface area contributed by atoms with Gasteiger partial charge in [0.25, 0.3) is 0 Å². The molecule has 14 heavy (non-hydrogen) atoms. The highest BCUT2D eigenvalue weighted by Gasteiger charge is 2.66. The van der Waals surface area contributed by atoms with Gasteiger partial charge in [-0.25, -0.2) is 0 Å². The van der Waals surface area contributed by atoms with Crippen LogP contribution in [-0.2, 0) is 5.60 Å². The zero-order chi connectivity index (χ0) is 9.76. The first kappa shape index (κ1) is 8.75.